The first-order valence-electron chi connectivity index (χ1n) is 7.11. The van der Waals surface area contributed by atoms with E-state index in [-0.39, 0.29) is 18.4 Å². The molecule has 1 heterocycles. The number of nitrogens with one attached hydrogen (secondary N) is 1. The van der Waals surface area contributed by atoms with Gasteiger partial charge >= 0.3 is 0 Å². The number of hydrogen-bond acceptors (Lipinski definition) is 5. The van der Waals surface area contributed by atoms with E-state index in [9.17, 15) is 8.42 Å². The van der Waals surface area contributed by atoms with Gasteiger partial charge in [-0.25, -0.2) is 13.1 Å². The predicted molar refractivity (Wildman–Crippen MR) is 74.3 cm³/mol. The summed E-state index contributed by atoms with van der Waals surface area (Å²) in [6, 6.07) is 1.36. The lowest BCUT2D eigenvalue weighted by molar-refractivity contribution is 0.221. The Kier molecular flexibility index (Phi) is 5.56. The van der Waals surface area contributed by atoms with Gasteiger partial charge in [0.25, 0.3) is 0 Å². The average Bonchev–Trinajstić information content (AvgIpc) is 2.91. The van der Waals surface area contributed by atoms with E-state index in [1.807, 2.05) is 0 Å². The fraction of sp³-hybridized carbons (Fsp3) is 0.769. The van der Waals surface area contributed by atoms with Gasteiger partial charge in [-0.2, -0.15) is 0 Å². The smallest absolute Gasteiger partial charge is 0.217 e. The van der Waals surface area contributed by atoms with Crippen LogP contribution in [-0.4, -0.2) is 31.3 Å². The van der Waals surface area contributed by atoms with Crippen molar-refractivity contribution in [2.24, 2.45) is 5.92 Å². The summed E-state index contributed by atoms with van der Waals surface area (Å²) in [5.41, 5.74) is 0.392. The highest BCUT2D eigenvalue weighted by atomic mass is 32.2. The molecule has 0 bridgehead atoms. The Morgan fingerprint density at radius 1 is 1.40 bits per heavy atom. The van der Waals surface area contributed by atoms with Gasteiger partial charge in [0.2, 0.25) is 10.0 Å². The molecule has 1 atom stereocenters. The summed E-state index contributed by atoms with van der Waals surface area (Å²) in [5.74, 6) is 0.140. The number of aliphatic hydroxyl groups is 1. The van der Waals surface area contributed by atoms with Crippen LogP contribution < -0.4 is 4.72 Å². The normalized spacial score (nSPS) is 19.1. The summed E-state index contributed by atoms with van der Waals surface area (Å²) in [6.45, 7) is -0.00630. The van der Waals surface area contributed by atoms with Gasteiger partial charge in [0.05, 0.1) is 5.69 Å². The molecular formula is C13H22N2O4S. The molecule has 114 valence electrons. The number of rotatable bonds is 7. The molecule has 1 aliphatic rings. The summed E-state index contributed by atoms with van der Waals surface area (Å²) in [7, 11) is -3.46. The van der Waals surface area contributed by atoms with Crippen LogP contribution in [0.25, 0.3) is 0 Å². The summed E-state index contributed by atoms with van der Waals surface area (Å²) in [6.07, 6.45) is 7.36. The summed E-state index contributed by atoms with van der Waals surface area (Å²) >= 11 is 0. The molecule has 1 fully saturated rings. The van der Waals surface area contributed by atoms with Crippen molar-refractivity contribution in [2.75, 3.05) is 6.61 Å². The molecule has 1 aromatic rings. The van der Waals surface area contributed by atoms with Crippen LogP contribution in [0.15, 0.2) is 16.9 Å². The van der Waals surface area contributed by atoms with Crippen molar-refractivity contribution in [1.82, 2.24) is 9.88 Å². The van der Waals surface area contributed by atoms with Crippen LogP contribution in [0.3, 0.4) is 0 Å². The zero-order valence-electron chi connectivity index (χ0n) is 11.5. The second-order valence-electron chi connectivity index (χ2n) is 5.38. The first kappa shape index (κ1) is 15.5. The topological polar surface area (TPSA) is 92.4 Å². The molecule has 0 radical (unpaired) electrons. The van der Waals surface area contributed by atoms with Crippen molar-refractivity contribution < 1.29 is 18.0 Å². The molecular weight excluding hydrogens is 280 g/mol. The van der Waals surface area contributed by atoms with E-state index in [1.165, 1.54) is 12.7 Å². The van der Waals surface area contributed by atoms with Crippen LogP contribution in [0.4, 0.5) is 0 Å². The quantitative estimate of drug-likeness (QED) is 0.795. The standard InChI is InChI=1S/C13H22N2O4S/c16-8-6-13(11-4-2-1-3-5-11)15-20(17,18)10-12-7-9-19-14-12/h7,9,11,13,15-16H,1-6,8,10H2. The Balaban J connectivity index is 1.98. The summed E-state index contributed by atoms with van der Waals surface area (Å²) < 4.78 is 31.7. The van der Waals surface area contributed by atoms with Gasteiger partial charge in [-0.3, -0.25) is 0 Å². The third-order valence-corrected chi connectivity index (χ3v) is 5.16. The largest absolute Gasteiger partial charge is 0.396 e. The van der Waals surface area contributed by atoms with Gasteiger partial charge < -0.3 is 9.63 Å². The SMILES string of the molecule is O=S(=O)(Cc1ccon1)NC(CCO)C1CCCCC1. The van der Waals surface area contributed by atoms with Gasteiger partial charge in [0, 0.05) is 18.7 Å². The number of aromatic nitrogens is 1. The minimum Gasteiger partial charge on any atom is -0.396 e. The lowest BCUT2D eigenvalue weighted by atomic mass is 9.83. The number of hydrogen-bond donors (Lipinski definition) is 2. The van der Waals surface area contributed by atoms with E-state index in [0.717, 1.165) is 25.7 Å². The second-order valence-corrected chi connectivity index (χ2v) is 7.14. The molecule has 2 N–H and O–H groups in total. The van der Waals surface area contributed by atoms with Crippen molar-refractivity contribution >= 4 is 10.0 Å². The Labute approximate surface area is 119 Å². The van der Waals surface area contributed by atoms with Crippen LogP contribution in [0, 0.1) is 5.92 Å². The van der Waals surface area contributed by atoms with E-state index in [4.69, 9.17) is 5.11 Å². The third kappa shape index (κ3) is 4.57. The number of nitrogens with zero attached hydrogens (tertiary/aromatic N) is 1. The zero-order valence-corrected chi connectivity index (χ0v) is 12.3. The van der Waals surface area contributed by atoms with E-state index in [1.54, 1.807) is 6.07 Å². The van der Waals surface area contributed by atoms with E-state index in [2.05, 4.69) is 14.4 Å². The van der Waals surface area contributed by atoms with Crippen LogP contribution >= 0.6 is 0 Å². The monoisotopic (exact) mass is 302 g/mol. The first-order valence-corrected chi connectivity index (χ1v) is 8.76. The summed E-state index contributed by atoms with van der Waals surface area (Å²) in [4.78, 5) is 0. The maximum absolute atomic E-state index is 12.2. The Bertz CT molecular complexity index is 480. The molecule has 0 amide bonds. The maximum Gasteiger partial charge on any atom is 0.217 e. The highest BCUT2D eigenvalue weighted by Crippen LogP contribution is 2.28. The van der Waals surface area contributed by atoms with Crippen molar-refractivity contribution in [3.8, 4) is 0 Å². The number of aliphatic hydroxyl groups excluding tert-OH is 1. The van der Waals surface area contributed by atoms with Gasteiger partial charge in [-0.15, -0.1) is 0 Å². The molecule has 0 aromatic carbocycles. The fourth-order valence-corrected chi connectivity index (χ4v) is 4.24. The maximum atomic E-state index is 12.2. The first-order chi connectivity index (χ1) is 9.61. The molecule has 6 nitrogen and oxygen atoms in total. The highest BCUT2D eigenvalue weighted by Gasteiger charge is 2.27. The van der Waals surface area contributed by atoms with Gasteiger partial charge in [-0.05, 0) is 25.2 Å². The Hall–Kier alpha value is -0.920. The zero-order chi connectivity index (χ0) is 14.4. The van der Waals surface area contributed by atoms with E-state index in [0.29, 0.717) is 18.0 Å². The Morgan fingerprint density at radius 2 is 2.15 bits per heavy atom. The molecule has 1 saturated carbocycles. The molecule has 0 aliphatic heterocycles. The van der Waals surface area contributed by atoms with Crippen LogP contribution in [-0.2, 0) is 15.8 Å². The minimum atomic E-state index is -3.46. The molecule has 1 aromatic heterocycles. The predicted octanol–water partition coefficient (Wildman–Crippen LogP) is 1.43. The van der Waals surface area contributed by atoms with E-state index < -0.39 is 10.0 Å². The van der Waals surface area contributed by atoms with Crippen molar-refractivity contribution in [2.45, 2.75) is 50.3 Å². The molecule has 20 heavy (non-hydrogen) atoms. The molecule has 2 rings (SSSR count). The van der Waals surface area contributed by atoms with Gasteiger partial charge in [0.1, 0.15) is 12.0 Å². The van der Waals surface area contributed by atoms with Crippen LogP contribution in [0.5, 0.6) is 0 Å². The molecule has 7 heteroatoms. The molecule has 1 unspecified atom stereocenters. The average molecular weight is 302 g/mol. The van der Waals surface area contributed by atoms with Gasteiger partial charge in [-0.1, -0.05) is 24.4 Å². The lowest BCUT2D eigenvalue weighted by Gasteiger charge is -2.30. The van der Waals surface area contributed by atoms with Crippen molar-refractivity contribution in [3.05, 3.63) is 18.0 Å². The molecule has 1 aliphatic carbocycles. The second kappa shape index (κ2) is 7.19. The third-order valence-electron chi connectivity index (χ3n) is 3.82. The van der Waals surface area contributed by atoms with Crippen molar-refractivity contribution in [3.63, 3.8) is 0 Å². The van der Waals surface area contributed by atoms with Gasteiger partial charge in [0.15, 0.2) is 0 Å². The highest BCUT2D eigenvalue weighted by molar-refractivity contribution is 7.88. The van der Waals surface area contributed by atoms with Crippen molar-refractivity contribution in [1.29, 1.82) is 0 Å². The van der Waals surface area contributed by atoms with Crippen LogP contribution in [0.2, 0.25) is 0 Å². The minimum absolute atomic E-state index is 0.00630. The fourth-order valence-electron chi connectivity index (χ4n) is 2.85. The lowest BCUT2D eigenvalue weighted by Crippen LogP contribution is -2.42. The number of sulfonamides is 1. The van der Waals surface area contributed by atoms with Crippen LogP contribution in [0.1, 0.15) is 44.2 Å². The molecule has 0 saturated heterocycles. The van der Waals surface area contributed by atoms with E-state index >= 15 is 0 Å². The summed E-state index contributed by atoms with van der Waals surface area (Å²) in [5, 5.41) is 12.8. The molecule has 0 spiro atoms. The Morgan fingerprint density at radius 3 is 2.75 bits per heavy atom.